The van der Waals surface area contributed by atoms with Crippen molar-refractivity contribution in [3.8, 4) is 0 Å². The highest BCUT2D eigenvalue weighted by atomic mass is 19.1. The lowest BCUT2D eigenvalue weighted by Crippen LogP contribution is -2.49. The van der Waals surface area contributed by atoms with Crippen LogP contribution in [0.15, 0.2) is 0 Å². The fourth-order valence-corrected chi connectivity index (χ4v) is 3.32. The third-order valence-corrected chi connectivity index (χ3v) is 5.07. The van der Waals surface area contributed by atoms with Gasteiger partial charge in [0.2, 0.25) is 5.67 Å². The van der Waals surface area contributed by atoms with Gasteiger partial charge in [0.05, 0.1) is 13.7 Å². The second-order valence-corrected chi connectivity index (χ2v) is 8.43. The molecule has 2 saturated heterocycles. The van der Waals surface area contributed by atoms with Crippen molar-refractivity contribution in [1.29, 1.82) is 0 Å². The van der Waals surface area contributed by atoms with Crippen LogP contribution in [0.4, 0.5) is 14.0 Å². The summed E-state index contributed by atoms with van der Waals surface area (Å²) < 4.78 is 29.6. The first-order valence-corrected chi connectivity index (χ1v) is 9.71. The molecule has 0 aromatic rings. The second kappa shape index (κ2) is 8.96. The molecule has 160 valence electrons. The number of amides is 2. The maximum atomic E-state index is 14.4. The molecule has 0 unspecified atom stereocenters. The van der Waals surface area contributed by atoms with E-state index in [-0.39, 0.29) is 44.5 Å². The van der Waals surface area contributed by atoms with Crippen LogP contribution in [0.1, 0.15) is 46.5 Å². The smallest absolute Gasteiger partial charge is 0.410 e. The van der Waals surface area contributed by atoms with E-state index in [2.05, 4.69) is 4.74 Å². The summed E-state index contributed by atoms with van der Waals surface area (Å²) in [6, 6.07) is 0. The van der Waals surface area contributed by atoms with E-state index in [4.69, 9.17) is 9.47 Å². The van der Waals surface area contributed by atoms with Crippen LogP contribution in [-0.2, 0) is 19.0 Å². The number of hydrogen-bond donors (Lipinski definition) is 0. The van der Waals surface area contributed by atoms with Crippen molar-refractivity contribution in [2.24, 2.45) is 5.92 Å². The monoisotopic (exact) mass is 402 g/mol. The highest BCUT2D eigenvalue weighted by Gasteiger charge is 2.44. The summed E-state index contributed by atoms with van der Waals surface area (Å²) in [6.07, 6.45) is 0.440. The maximum Gasteiger partial charge on any atom is 0.410 e. The molecule has 2 fully saturated rings. The number of carbonyl (C=O) groups is 3. The first-order valence-electron chi connectivity index (χ1n) is 9.71. The van der Waals surface area contributed by atoms with Gasteiger partial charge in [0.15, 0.2) is 0 Å². The van der Waals surface area contributed by atoms with Crippen molar-refractivity contribution in [2.75, 3.05) is 39.9 Å². The Morgan fingerprint density at radius 3 is 2.04 bits per heavy atom. The van der Waals surface area contributed by atoms with Gasteiger partial charge in [-0.1, -0.05) is 0 Å². The van der Waals surface area contributed by atoms with E-state index >= 15 is 0 Å². The molecule has 2 amide bonds. The van der Waals surface area contributed by atoms with Gasteiger partial charge >= 0.3 is 18.2 Å². The zero-order valence-electron chi connectivity index (χ0n) is 17.2. The Bertz CT molecular complexity index is 575. The predicted molar refractivity (Wildman–Crippen MR) is 98.5 cm³/mol. The number of likely N-dealkylation sites (tertiary alicyclic amines) is 2. The molecule has 9 heteroatoms. The molecule has 0 aromatic carbocycles. The van der Waals surface area contributed by atoms with E-state index < -0.39 is 23.3 Å². The molecule has 0 radical (unpaired) electrons. The third kappa shape index (κ3) is 5.97. The number of halogens is 1. The van der Waals surface area contributed by atoms with Crippen LogP contribution in [0.2, 0.25) is 0 Å². The van der Waals surface area contributed by atoms with E-state index in [1.807, 2.05) is 20.8 Å². The Hall–Kier alpha value is -2.06. The second-order valence-electron chi connectivity index (χ2n) is 8.43. The summed E-state index contributed by atoms with van der Waals surface area (Å²) in [7, 11) is 1.15. The van der Waals surface area contributed by atoms with Crippen LogP contribution in [0.5, 0.6) is 0 Å². The van der Waals surface area contributed by atoms with Gasteiger partial charge in [-0.15, -0.1) is 0 Å². The van der Waals surface area contributed by atoms with Crippen LogP contribution in [-0.4, -0.2) is 79.1 Å². The molecule has 0 aliphatic carbocycles. The molecule has 2 aliphatic rings. The van der Waals surface area contributed by atoms with Crippen LogP contribution >= 0.6 is 0 Å². The Morgan fingerprint density at radius 1 is 1.00 bits per heavy atom. The van der Waals surface area contributed by atoms with Crippen molar-refractivity contribution in [3.05, 3.63) is 0 Å². The molecule has 28 heavy (non-hydrogen) atoms. The largest absolute Gasteiger partial charge is 0.467 e. The zero-order valence-corrected chi connectivity index (χ0v) is 17.2. The van der Waals surface area contributed by atoms with Crippen LogP contribution in [0, 0.1) is 5.92 Å². The minimum Gasteiger partial charge on any atom is -0.467 e. The van der Waals surface area contributed by atoms with E-state index in [0.717, 1.165) is 20.0 Å². The van der Waals surface area contributed by atoms with Crippen LogP contribution < -0.4 is 0 Å². The standard InChI is InChI=1S/C19H31FN2O6/c1-18(2,3)28-17(25)21-9-5-14(6-10-21)13-27-16(24)22-11-7-19(20,8-12-22)15(23)26-4/h14H,5-13H2,1-4H3. The molecule has 8 nitrogen and oxygen atoms in total. The number of hydrogen-bond acceptors (Lipinski definition) is 6. The summed E-state index contributed by atoms with van der Waals surface area (Å²) in [5.74, 6) is -0.722. The van der Waals surface area contributed by atoms with Gasteiger partial charge in [0.25, 0.3) is 0 Å². The fraction of sp³-hybridized carbons (Fsp3) is 0.842. The first-order chi connectivity index (χ1) is 13.0. The van der Waals surface area contributed by atoms with Gasteiger partial charge in [-0.2, -0.15) is 0 Å². The summed E-state index contributed by atoms with van der Waals surface area (Å²) in [5.41, 5.74) is -2.55. The highest BCUT2D eigenvalue weighted by Crippen LogP contribution is 2.28. The van der Waals surface area contributed by atoms with Gasteiger partial charge in [-0.05, 0) is 39.5 Å². The number of carbonyl (C=O) groups excluding carboxylic acids is 3. The first kappa shape index (κ1) is 22.2. The molecule has 0 atom stereocenters. The van der Waals surface area contributed by atoms with E-state index in [1.165, 1.54) is 4.90 Å². The number of rotatable bonds is 3. The molecule has 2 heterocycles. The Morgan fingerprint density at radius 2 is 1.54 bits per heavy atom. The summed E-state index contributed by atoms with van der Waals surface area (Å²) in [5, 5.41) is 0. The Balaban J connectivity index is 1.69. The molecule has 2 rings (SSSR count). The third-order valence-electron chi connectivity index (χ3n) is 5.07. The van der Waals surface area contributed by atoms with E-state index in [9.17, 15) is 18.8 Å². The topological polar surface area (TPSA) is 85.4 Å². The lowest BCUT2D eigenvalue weighted by atomic mass is 9.94. The number of piperidine rings is 2. The molecule has 2 aliphatic heterocycles. The Kier molecular flexibility index (Phi) is 7.11. The van der Waals surface area contributed by atoms with Gasteiger partial charge in [0, 0.05) is 39.0 Å². The van der Waals surface area contributed by atoms with Crippen molar-refractivity contribution in [2.45, 2.75) is 57.7 Å². The number of alkyl halides is 1. The Labute approximate surface area is 165 Å². The van der Waals surface area contributed by atoms with E-state index in [1.54, 1.807) is 4.90 Å². The minimum atomic E-state index is -2.03. The zero-order chi connectivity index (χ0) is 20.9. The van der Waals surface area contributed by atoms with E-state index in [0.29, 0.717) is 13.1 Å². The summed E-state index contributed by atoms with van der Waals surface area (Å²) >= 11 is 0. The molecular weight excluding hydrogens is 371 g/mol. The molecule has 0 spiro atoms. The molecule has 0 saturated carbocycles. The predicted octanol–water partition coefficient (Wildman–Crippen LogP) is 2.75. The molecule has 0 bridgehead atoms. The molecular formula is C19H31FN2O6. The van der Waals surface area contributed by atoms with Crippen molar-refractivity contribution < 1.29 is 33.0 Å². The van der Waals surface area contributed by atoms with Crippen LogP contribution in [0.3, 0.4) is 0 Å². The van der Waals surface area contributed by atoms with Gasteiger partial charge in [0.1, 0.15) is 5.60 Å². The summed E-state index contributed by atoms with van der Waals surface area (Å²) in [6.45, 7) is 7.09. The quantitative estimate of drug-likeness (QED) is 0.533. The lowest BCUT2D eigenvalue weighted by molar-refractivity contribution is -0.157. The molecule has 0 aromatic heterocycles. The maximum absolute atomic E-state index is 14.4. The van der Waals surface area contributed by atoms with Gasteiger partial charge in [-0.3, -0.25) is 0 Å². The van der Waals surface area contributed by atoms with Crippen molar-refractivity contribution >= 4 is 18.2 Å². The number of nitrogens with zero attached hydrogens (tertiary/aromatic N) is 2. The van der Waals surface area contributed by atoms with Crippen molar-refractivity contribution in [3.63, 3.8) is 0 Å². The normalized spacial score (nSPS) is 20.5. The number of esters is 1. The van der Waals surface area contributed by atoms with Crippen molar-refractivity contribution in [1.82, 2.24) is 9.80 Å². The minimum absolute atomic E-state index is 0.0942. The van der Waals surface area contributed by atoms with Crippen LogP contribution in [0.25, 0.3) is 0 Å². The SMILES string of the molecule is COC(=O)C1(F)CCN(C(=O)OCC2CCN(C(=O)OC(C)(C)C)CC2)CC1. The average molecular weight is 402 g/mol. The fourth-order valence-electron chi connectivity index (χ4n) is 3.32. The average Bonchev–Trinajstić information content (AvgIpc) is 2.65. The van der Waals surface area contributed by atoms with Gasteiger partial charge in [-0.25, -0.2) is 18.8 Å². The highest BCUT2D eigenvalue weighted by molar-refractivity contribution is 5.80. The van der Waals surface area contributed by atoms with Gasteiger partial charge < -0.3 is 24.0 Å². The number of methoxy groups -OCH3 is 1. The number of ether oxygens (including phenoxy) is 3. The lowest BCUT2D eigenvalue weighted by Gasteiger charge is -2.35. The molecule has 0 N–H and O–H groups in total. The summed E-state index contributed by atoms with van der Waals surface area (Å²) in [4.78, 5) is 38.8.